The topological polar surface area (TPSA) is 45.8 Å². The summed E-state index contributed by atoms with van der Waals surface area (Å²) in [7, 11) is 0. The molecule has 0 amide bonds. The highest BCUT2D eigenvalue weighted by Crippen LogP contribution is 2.30. The Kier molecular flexibility index (Phi) is 4.72. The van der Waals surface area contributed by atoms with E-state index in [0.717, 1.165) is 44.5 Å². The molecule has 0 radical (unpaired) electrons. The van der Waals surface area contributed by atoms with Crippen molar-refractivity contribution >= 4 is 10.9 Å². The van der Waals surface area contributed by atoms with Gasteiger partial charge in [0.2, 0.25) is 0 Å². The number of nitrogens with zero attached hydrogens (tertiary/aromatic N) is 1. The number of aryl methyl sites for hydroxylation is 2. The second-order valence-electron chi connectivity index (χ2n) is 7.96. The lowest BCUT2D eigenvalue weighted by Gasteiger charge is -2.11. The Balaban J connectivity index is 1.75. The van der Waals surface area contributed by atoms with Crippen LogP contribution < -0.4 is 5.56 Å². The van der Waals surface area contributed by atoms with Crippen LogP contribution in [0.3, 0.4) is 0 Å². The zero-order chi connectivity index (χ0) is 21.4. The fraction of sp³-hybridized carbons (Fsp3) is 0.0714. The number of rotatable bonds is 3. The van der Waals surface area contributed by atoms with Gasteiger partial charge in [0.25, 0.3) is 5.56 Å². The van der Waals surface area contributed by atoms with E-state index in [4.69, 9.17) is 4.98 Å². The molecule has 0 saturated carbocycles. The molecule has 2 aromatic heterocycles. The van der Waals surface area contributed by atoms with Crippen molar-refractivity contribution in [2.75, 3.05) is 0 Å². The second-order valence-corrected chi connectivity index (χ2v) is 7.96. The van der Waals surface area contributed by atoms with Crippen LogP contribution in [0.4, 0.5) is 0 Å². The predicted molar refractivity (Wildman–Crippen MR) is 128 cm³/mol. The number of aromatic amines is 1. The van der Waals surface area contributed by atoms with Gasteiger partial charge in [-0.25, -0.2) is 4.98 Å². The molecule has 0 spiro atoms. The average molecular weight is 402 g/mol. The molecule has 0 atom stereocenters. The van der Waals surface area contributed by atoms with Gasteiger partial charge in [0.1, 0.15) is 0 Å². The highest BCUT2D eigenvalue weighted by atomic mass is 16.1. The van der Waals surface area contributed by atoms with E-state index in [0.29, 0.717) is 5.56 Å². The lowest BCUT2D eigenvalue weighted by Crippen LogP contribution is -2.09. The quantitative estimate of drug-likeness (QED) is 0.372. The third-order valence-corrected chi connectivity index (χ3v) is 5.55. The van der Waals surface area contributed by atoms with Crippen LogP contribution in [0, 0.1) is 13.8 Å². The van der Waals surface area contributed by atoms with Crippen LogP contribution >= 0.6 is 0 Å². The molecule has 0 aliphatic heterocycles. The van der Waals surface area contributed by atoms with Crippen LogP contribution in [0.25, 0.3) is 44.5 Å². The zero-order valence-corrected chi connectivity index (χ0v) is 17.5. The molecule has 2 heterocycles. The maximum atomic E-state index is 13.0. The van der Waals surface area contributed by atoms with E-state index in [1.54, 1.807) is 0 Å². The number of pyridine rings is 2. The van der Waals surface area contributed by atoms with Crippen LogP contribution in [0.2, 0.25) is 0 Å². The molecule has 31 heavy (non-hydrogen) atoms. The van der Waals surface area contributed by atoms with Crippen molar-refractivity contribution in [2.45, 2.75) is 13.8 Å². The summed E-state index contributed by atoms with van der Waals surface area (Å²) in [5.74, 6) is 0. The molecule has 0 bridgehead atoms. The van der Waals surface area contributed by atoms with E-state index in [1.807, 2.05) is 60.7 Å². The minimum absolute atomic E-state index is 0.101. The molecule has 3 nitrogen and oxygen atoms in total. The summed E-state index contributed by atoms with van der Waals surface area (Å²) in [6.45, 7) is 4.12. The first-order chi connectivity index (χ1) is 15.1. The number of nitrogens with one attached hydrogen (secondary N) is 1. The average Bonchev–Trinajstić information content (AvgIpc) is 2.79. The Labute approximate surface area is 181 Å². The molecule has 5 rings (SSSR count). The normalized spacial score (nSPS) is 11.0. The van der Waals surface area contributed by atoms with E-state index >= 15 is 0 Å². The largest absolute Gasteiger partial charge is 0.321 e. The minimum Gasteiger partial charge on any atom is -0.321 e. The van der Waals surface area contributed by atoms with Crippen molar-refractivity contribution < 1.29 is 0 Å². The van der Waals surface area contributed by atoms with Crippen LogP contribution in [-0.2, 0) is 0 Å². The summed E-state index contributed by atoms with van der Waals surface area (Å²) in [6.07, 6.45) is 0. The van der Waals surface area contributed by atoms with Crippen molar-refractivity contribution in [2.24, 2.45) is 0 Å². The number of hydrogen-bond donors (Lipinski definition) is 1. The summed E-state index contributed by atoms with van der Waals surface area (Å²) in [5, 5.41) is 1.02. The van der Waals surface area contributed by atoms with Gasteiger partial charge in [0.05, 0.1) is 11.4 Å². The number of H-pyrrole nitrogens is 1. The Morgan fingerprint density at radius 3 is 2.00 bits per heavy atom. The lowest BCUT2D eigenvalue weighted by atomic mass is 9.99. The smallest absolute Gasteiger partial charge is 0.256 e. The standard InChI is InChI=1S/C28H22N2O/c1-18-8-11-21(12-9-18)27-17-22(16-26(29-27)20-6-4-3-5-7-20)24-15-23-14-19(2)10-13-25(23)30-28(24)31/h3-17H,1-2H3,(H,30,31). The van der Waals surface area contributed by atoms with Crippen LogP contribution in [-0.4, -0.2) is 9.97 Å². The summed E-state index contributed by atoms with van der Waals surface area (Å²) < 4.78 is 0. The number of hydrogen-bond acceptors (Lipinski definition) is 2. The summed E-state index contributed by atoms with van der Waals surface area (Å²) in [6, 6.07) is 30.4. The third kappa shape index (κ3) is 3.78. The maximum Gasteiger partial charge on any atom is 0.256 e. The molecule has 3 aromatic carbocycles. The van der Waals surface area contributed by atoms with E-state index in [1.165, 1.54) is 5.56 Å². The van der Waals surface area contributed by atoms with Gasteiger partial charge < -0.3 is 4.98 Å². The van der Waals surface area contributed by atoms with Gasteiger partial charge in [0, 0.05) is 22.2 Å². The fourth-order valence-electron chi connectivity index (χ4n) is 3.86. The van der Waals surface area contributed by atoms with Crippen LogP contribution in [0.15, 0.2) is 95.8 Å². The molecule has 0 fully saturated rings. The van der Waals surface area contributed by atoms with E-state index < -0.39 is 0 Å². The van der Waals surface area contributed by atoms with Crippen molar-refractivity contribution in [1.29, 1.82) is 0 Å². The molecule has 5 aromatic rings. The van der Waals surface area contributed by atoms with Crippen molar-refractivity contribution in [3.8, 4) is 33.6 Å². The molecule has 150 valence electrons. The van der Waals surface area contributed by atoms with Gasteiger partial charge in [-0.15, -0.1) is 0 Å². The van der Waals surface area contributed by atoms with Gasteiger partial charge >= 0.3 is 0 Å². The molecule has 0 aliphatic rings. The zero-order valence-electron chi connectivity index (χ0n) is 17.5. The fourth-order valence-corrected chi connectivity index (χ4v) is 3.86. The highest BCUT2D eigenvalue weighted by Gasteiger charge is 2.12. The minimum atomic E-state index is -0.101. The van der Waals surface area contributed by atoms with E-state index in [-0.39, 0.29) is 5.56 Å². The molecule has 0 saturated heterocycles. The maximum absolute atomic E-state index is 13.0. The molecule has 3 heteroatoms. The van der Waals surface area contributed by atoms with Gasteiger partial charge in [-0.3, -0.25) is 4.79 Å². The van der Waals surface area contributed by atoms with Gasteiger partial charge in [-0.2, -0.15) is 0 Å². The number of aromatic nitrogens is 2. The van der Waals surface area contributed by atoms with Crippen LogP contribution in [0.5, 0.6) is 0 Å². The summed E-state index contributed by atoms with van der Waals surface area (Å²) >= 11 is 0. The molecular weight excluding hydrogens is 380 g/mol. The van der Waals surface area contributed by atoms with Crippen LogP contribution in [0.1, 0.15) is 11.1 Å². The van der Waals surface area contributed by atoms with Gasteiger partial charge in [0.15, 0.2) is 0 Å². The first kappa shape index (κ1) is 19.0. The lowest BCUT2D eigenvalue weighted by molar-refractivity contribution is 1.28. The third-order valence-electron chi connectivity index (χ3n) is 5.55. The molecule has 1 N–H and O–H groups in total. The van der Waals surface area contributed by atoms with E-state index in [2.05, 4.69) is 49.2 Å². The second kappa shape index (κ2) is 7.69. The molecule has 0 unspecified atom stereocenters. The SMILES string of the molecule is Cc1ccc(-c2cc(-c3cc4cc(C)ccc4[nH]c3=O)cc(-c3ccccc3)n2)cc1. The monoisotopic (exact) mass is 402 g/mol. The predicted octanol–water partition coefficient (Wildman–Crippen LogP) is 6.54. The Morgan fingerprint density at radius 1 is 0.645 bits per heavy atom. The molecule has 0 aliphatic carbocycles. The highest BCUT2D eigenvalue weighted by molar-refractivity contribution is 5.85. The summed E-state index contributed by atoms with van der Waals surface area (Å²) in [4.78, 5) is 20.9. The first-order valence-corrected chi connectivity index (χ1v) is 10.4. The summed E-state index contributed by atoms with van der Waals surface area (Å²) in [5.41, 5.74) is 8.34. The van der Waals surface area contributed by atoms with Crippen molar-refractivity contribution in [1.82, 2.24) is 9.97 Å². The Hall–Kier alpha value is -3.98. The number of fused-ring (bicyclic) bond motifs is 1. The number of benzene rings is 3. The Bertz CT molecular complexity index is 1450. The Morgan fingerprint density at radius 2 is 1.29 bits per heavy atom. The first-order valence-electron chi connectivity index (χ1n) is 10.4. The van der Waals surface area contributed by atoms with Crippen molar-refractivity contribution in [3.63, 3.8) is 0 Å². The van der Waals surface area contributed by atoms with E-state index in [9.17, 15) is 4.79 Å². The van der Waals surface area contributed by atoms with Crippen molar-refractivity contribution in [3.05, 3.63) is 112 Å². The van der Waals surface area contributed by atoms with Gasteiger partial charge in [-0.1, -0.05) is 71.8 Å². The molecular formula is C28H22N2O. The van der Waals surface area contributed by atoms with Gasteiger partial charge in [-0.05, 0) is 55.1 Å².